The highest BCUT2D eigenvalue weighted by Crippen LogP contribution is 1.99. The van der Waals surface area contributed by atoms with E-state index in [1.165, 1.54) is 0 Å². The van der Waals surface area contributed by atoms with Gasteiger partial charge in [-0.25, -0.2) is 14.4 Å². The Morgan fingerprint density at radius 3 is 1.65 bits per heavy atom. The smallest absolute Gasteiger partial charge is 0.346 e. The van der Waals surface area contributed by atoms with Gasteiger partial charge < -0.3 is 37.5 Å². The van der Waals surface area contributed by atoms with Crippen LogP contribution in [0.5, 0.6) is 0 Å². The highest BCUT2D eigenvalue weighted by atomic mass is 16.6. The second-order valence-electron chi connectivity index (χ2n) is 2.64. The summed E-state index contributed by atoms with van der Waals surface area (Å²) in [5.74, 6) is -4.84. The van der Waals surface area contributed by atoms with Gasteiger partial charge in [-0.1, -0.05) is 0 Å². The molecule has 0 aliphatic rings. The van der Waals surface area contributed by atoms with Gasteiger partial charge in [0.05, 0.1) is 0 Å². The first-order valence-electron chi connectivity index (χ1n) is 3.80. The molecule has 0 aliphatic carbocycles. The summed E-state index contributed by atoms with van der Waals surface area (Å²) in [4.78, 5) is 31.5. The van der Waals surface area contributed by atoms with Gasteiger partial charge in [-0.2, -0.15) is 0 Å². The number of hydrogen-bond donors (Lipinski definition) is 6. The molecule has 0 rings (SSSR count). The molecule has 0 radical (unpaired) electrons. The fraction of sp³-hybridized carbons (Fsp3) is 0.571. The summed E-state index contributed by atoms with van der Waals surface area (Å²) in [5, 5.41) is 34.3. The minimum Gasteiger partial charge on any atom is -0.479 e. The van der Waals surface area contributed by atoms with Crippen molar-refractivity contribution in [3.05, 3.63) is 0 Å². The Kier molecular flexibility index (Phi) is 10.4. The molecule has 0 spiro atoms. The normalized spacial score (nSPS) is 14.4. The summed E-state index contributed by atoms with van der Waals surface area (Å²) in [6.07, 6.45) is -6.37. The maximum atomic E-state index is 10.8. The molecule has 0 fully saturated rings. The molecule has 0 aromatic carbocycles. The number of hydrogen-bond acceptors (Lipinski definition) is 9. The van der Waals surface area contributed by atoms with E-state index in [-0.39, 0.29) is 12.3 Å². The Morgan fingerprint density at radius 1 is 0.941 bits per heavy atom. The van der Waals surface area contributed by atoms with E-state index in [4.69, 9.17) is 20.4 Å². The van der Waals surface area contributed by atoms with Gasteiger partial charge in [-0.3, -0.25) is 0 Å². The third-order valence-electron chi connectivity index (χ3n) is 1.34. The number of aliphatic carboxylic acids is 1. The third kappa shape index (κ3) is 6.55. The topological polar surface area (TPSA) is 211 Å². The molecule has 0 aromatic heterocycles. The Balaban J connectivity index is -0.000000980. The van der Waals surface area contributed by atoms with Gasteiger partial charge in [0, 0.05) is 0 Å². The molecule has 0 aliphatic heterocycles. The quantitative estimate of drug-likeness (QED) is 0.231. The number of carboxylic acid groups (broad SMARTS) is 1. The van der Waals surface area contributed by atoms with Crippen LogP contribution in [0.3, 0.4) is 0 Å². The van der Waals surface area contributed by atoms with Crippen molar-refractivity contribution in [2.45, 2.75) is 25.2 Å². The van der Waals surface area contributed by atoms with Crippen LogP contribution in [0, 0.1) is 0 Å². The predicted molar refractivity (Wildman–Crippen MR) is 52.5 cm³/mol. The van der Waals surface area contributed by atoms with Crippen molar-refractivity contribution < 1.29 is 39.5 Å². The molecular weight excluding hydrogens is 240 g/mol. The van der Waals surface area contributed by atoms with Crippen molar-refractivity contribution in [1.82, 2.24) is 12.3 Å². The lowest BCUT2D eigenvalue weighted by molar-refractivity contribution is -0.178. The molecule has 0 bridgehead atoms. The molecule has 10 heteroatoms. The van der Waals surface area contributed by atoms with E-state index in [1.54, 1.807) is 0 Å². The standard InChI is InChI=1S/C7H10O8.2H3N/c1-2(8)6(13)15-7(14)4(10)3(9)5(11)12;;/h2-4,8-10H,1H3,(H,11,12);2*1H3. The van der Waals surface area contributed by atoms with E-state index in [9.17, 15) is 14.4 Å². The molecule has 0 saturated heterocycles. The number of aliphatic hydroxyl groups excluding tert-OH is 3. The first kappa shape index (κ1) is 20.8. The van der Waals surface area contributed by atoms with Gasteiger partial charge in [0.2, 0.25) is 0 Å². The largest absolute Gasteiger partial charge is 0.479 e. The van der Waals surface area contributed by atoms with Crippen molar-refractivity contribution in [2.24, 2.45) is 0 Å². The first-order valence-corrected chi connectivity index (χ1v) is 3.80. The minimum absolute atomic E-state index is 0. The van der Waals surface area contributed by atoms with Crippen LogP contribution in [0.25, 0.3) is 0 Å². The van der Waals surface area contributed by atoms with Gasteiger partial charge in [0.15, 0.2) is 12.2 Å². The van der Waals surface area contributed by atoms with Crippen molar-refractivity contribution in [3.8, 4) is 0 Å². The van der Waals surface area contributed by atoms with Crippen LogP contribution >= 0.6 is 0 Å². The minimum atomic E-state index is -2.39. The van der Waals surface area contributed by atoms with Crippen molar-refractivity contribution in [2.75, 3.05) is 0 Å². The first-order chi connectivity index (χ1) is 6.77. The summed E-state index contributed by atoms with van der Waals surface area (Å²) in [5.41, 5.74) is 0. The number of carbonyl (C=O) groups is 3. The molecule has 17 heavy (non-hydrogen) atoms. The van der Waals surface area contributed by atoms with E-state index in [0.717, 1.165) is 6.92 Å². The Labute approximate surface area is 96.0 Å². The molecular formula is C7H16N2O8. The SMILES string of the molecule is CC(O)C(=O)OC(=O)C(O)C(O)C(=O)O.N.N. The average molecular weight is 256 g/mol. The zero-order chi connectivity index (χ0) is 12.2. The average Bonchev–Trinajstić information content (AvgIpc) is 2.14. The van der Waals surface area contributed by atoms with Gasteiger partial charge in [-0.15, -0.1) is 0 Å². The van der Waals surface area contributed by atoms with Crippen LogP contribution < -0.4 is 12.3 Å². The van der Waals surface area contributed by atoms with Crippen molar-refractivity contribution in [3.63, 3.8) is 0 Å². The summed E-state index contributed by atoms with van der Waals surface area (Å²) >= 11 is 0. The summed E-state index contributed by atoms with van der Waals surface area (Å²) in [6.45, 7) is 1.01. The molecule has 3 unspecified atom stereocenters. The number of rotatable bonds is 4. The van der Waals surface area contributed by atoms with Crippen molar-refractivity contribution in [1.29, 1.82) is 0 Å². The highest BCUT2D eigenvalue weighted by Gasteiger charge is 2.33. The zero-order valence-electron chi connectivity index (χ0n) is 9.07. The number of esters is 2. The number of carboxylic acids is 1. The summed E-state index contributed by atoms with van der Waals surface area (Å²) in [6, 6.07) is 0. The second kappa shape index (κ2) is 8.55. The molecule has 10 nitrogen and oxygen atoms in total. The second-order valence-corrected chi connectivity index (χ2v) is 2.64. The molecule has 0 saturated carbocycles. The summed E-state index contributed by atoms with van der Waals surface area (Å²) in [7, 11) is 0. The van der Waals surface area contributed by atoms with E-state index in [1.807, 2.05) is 0 Å². The number of carbonyl (C=O) groups excluding carboxylic acids is 2. The fourth-order valence-corrected chi connectivity index (χ4v) is 0.509. The van der Waals surface area contributed by atoms with Crippen LogP contribution in [0.15, 0.2) is 0 Å². The maximum absolute atomic E-state index is 10.8. The van der Waals surface area contributed by atoms with Gasteiger partial charge >= 0.3 is 17.9 Å². The Hall–Kier alpha value is -1.59. The van der Waals surface area contributed by atoms with Gasteiger partial charge in [0.25, 0.3) is 0 Å². The molecule has 0 heterocycles. The molecule has 3 atom stereocenters. The fourth-order valence-electron chi connectivity index (χ4n) is 0.509. The predicted octanol–water partition coefficient (Wildman–Crippen LogP) is -2.43. The lowest BCUT2D eigenvalue weighted by Crippen LogP contribution is -2.42. The Morgan fingerprint density at radius 2 is 1.35 bits per heavy atom. The van der Waals surface area contributed by atoms with E-state index < -0.39 is 36.2 Å². The lowest BCUT2D eigenvalue weighted by Gasteiger charge is -2.12. The molecule has 102 valence electrons. The maximum Gasteiger partial charge on any atom is 0.346 e. The Bertz CT molecular complexity index is 279. The zero-order valence-corrected chi connectivity index (χ0v) is 9.07. The molecule has 0 amide bonds. The number of ether oxygens (including phenoxy) is 1. The monoisotopic (exact) mass is 256 g/mol. The third-order valence-corrected chi connectivity index (χ3v) is 1.34. The van der Waals surface area contributed by atoms with Crippen LogP contribution in [0.1, 0.15) is 6.92 Å². The van der Waals surface area contributed by atoms with Crippen LogP contribution in [0.2, 0.25) is 0 Å². The lowest BCUT2D eigenvalue weighted by atomic mass is 10.2. The van der Waals surface area contributed by atoms with Crippen LogP contribution in [0.4, 0.5) is 0 Å². The molecule has 10 N–H and O–H groups in total. The van der Waals surface area contributed by atoms with E-state index in [2.05, 4.69) is 4.74 Å². The summed E-state index contributed by atoms with van der Waals surface area (Å²) < 4.78 is 3.84. The molecule has 0 aromatic rings. The number of aliphatic hydroxyl groups is 3. The van der Waals surface area contributed by atoms with E-state index >= 15 is 0 Å². The van der Waals surface area contributed by atoms with Crippen LogP contribution in [-0.4, -0.2) is 56.6 Å². The highest BCUT2D eigenvalue weighted by molar-refractivity contribution is 5.92. The van der Waals surface area contributed by atoms with Crippen LogP contribution in [-0.2, 0) is 19.1 Å². The van der Waals surface area contributed by atoms with Gasteiger partial charge in [-0.05, 0) is 6.92 Å². The van der Waals surface area contributed by atoms with Crippen molar-refractivity contribution >= 4 is 17.9 Å². The van der Waals surface area contributed by atoms with Gasteiger partial charge in [0.1, 0.15) is 6.10 Å². The van der Waals surface area contributed by atoms with E-state index in [0.29, 0.717) is 0 Å².